The van der Waals surface area contributed by atoms with E-state index in [1.54, 1.807) is 16.6 Å². The lowest BCUT2D eigenvalue weighted by molar-refractivity contribution is 0.280. The van der Waals surface area contributed by atoms with Crippen LogP contribution in [0.25, 0.3) is 0 Å². The Morgan fingerprint density at radius 2 is 2.29 bits per heavy atom. The number of thioether (sulfide) groups is 1. The molecule has 0 fully saturated rings. The van der Waals surface area contributed by atoms with E-state index in [1.807, 2.05) is 19.1 Å². The highest BCUT2D eigenvalue weighted by atomic mass is 32.2. The van der Waals surface area contributed by atoms with Crippen molar-refractivity contribution in [3.05, 3.63) is 35.7 Å². The first-order valence-electron chi connectivity index (χ1n) is 5.34. The number of benzene rings is 1. The summed E-state index contributed by atoms with van der Waals surface area (Å²) in [6, 6.07) is 5.97. The highest BCUT2D eigenvalue weighted by molar-refractivity contribution is 7.99. The average molecular weight is 250 g/mol. The van der Waals surface area contributed by atoms with Crippen molar-refractivity contribution >= 4 is 11.8 Å². The Labute approximate surface area is 104 Å². The van der Waals surface area contributed by atoms with Crippen LogP contribution in [0.1, 0.15) is 11.1 Å². The van der Waals surface area contributed by atoms with Gasteiger partial charge in [0.15, 0.2) is 6.33 Å². The van der Waals surface area contributed by atoms with Crippen LogP contribution in [-0.4, -0.2) is 31.1 Å². The molecule has 0 aliphatic rings. The molecule has 6 heteroatoms. The lowest BCUT2D eigenvalue weighted by atomic mass is 10.1. The molecule has 0 amide bonds. The molecule has 1 aromatic heterocycles. The van der Waals surface area contributed by atoms with E-state index >= 15 is 0 Å². The second kappa shape index (κ2) is 5.79. The van der Waals surface area contributed by atoms with Gasteiger partial charge in [-0.25, -0.2) is 0 Å². The maximum absolute atomic E-state index is 9.18. The number of aliphatic hydroxyl groups is 1. The van der Waals surface area contributed by atoms with Gasteiger partial charge in [-0.15, -0.1) is 22.0 Å². The number of tetrazole rings is 1. The second-order valence-electron chi connectivity index (χ2n) is 3.58. The summed E-state index contributed by atoms with van der Waals surface area (Å²) in [5.74, 6) is 0.881. The van der Waals surface area contributed by atoms with Crippen LogP contribution in [0.15, 0.2) is 29.4 Å². The zero-order chi connectivity index (χ0) is 12.1. The number of nitrogens with zero attached hydrogens (tertiary/aromatic N) is 4. The Bertz CT molecular complexity index is 472. The summed E-state index contributed by atoms with van der Waals surface area (Å²) < 4.78 is 0. The third kappa shape index (κ3) is 3.04. The van der Waals surface area contributed by atoms with Gasteiger partial charge in [-0.2, -0.15) is 4.80 Å². The number of hydrogen-bond donors (Lipinski definition) is 1. The Kier molecular flexibility index (Phi) is 4.11. The van der Waals surface area contributed by atoms with Crippen LogP contribution in [0.2, 0.25) is 0 Å². The highest BCUT2D eigenvalue weighted by Crippen LogP contribution is 2.24. The van der Waals surface area contributed by atoms with Gasteiger partial charge in [0.05, 0.1) is 13.2 Å². The minimum absolute atomic E-state index is 0.0882. The smallest absolute Gasteiger partial charge is 0.162 e. The second-order valence-corrected chi connectivity index (χ2v) is 4.72. The number of aromatic nitrogens is 4. The summed E-state index contributed by atoms with van der Waals surface area (Å²) in [7, 11) is 0. The van der Waals surface area contributed by atoms with Crippen molar-refractivity contribution in [1.82, 2.24) is 20.2 Å². The molecular formula is C11H14N4OS. The average Bonchev–Trinajstić information content (AvgIpc) is 2.84. The van der Waals surface area contributed by atoms with Crippen molar-refractivity contribution < 1.29 is 5.11 Å². The summed E-state index contributed by atoms with van der Waals surface area (Å²) >= 11 is 1.74. The molecule has 5 nitrogen and oxygen atoms in total. The third-order valence-corrected chi connectivity index (χ3v) is 3.65. The molecule has 1 heterocycles. The Balaban J connectivity index is 1.95. The molecule has 90 valence electrons. The van der Waals surface area contributed by atoms with E-state index in [4.69, 9.17) is 0 Å². The fourth-order valence-corrected chi connectivity index (χ4v) is 2.51. The molecule has 0 saturated heterocycles. The van der Waals surface area contributed by atoms with Crippen LogP contribution in [-0.2, 0) is 13.2 Å². The number of hydrogen-bond acceptors (Lipinski definition) is 5. The summed E-state index contributed by atoms with van der Waals surface area (Å²) in [6.07, 6.45) is 1.43. The summed E-state index contributed by atoms with van der Waals surface area (Å²) in [5.41, 5.74) is 2.13. The zero-order valence-electron chi connectivity index (χ0n) is 9.58. The minimum atomic E-state index is 0.0882. The lowest BCUT2D eigenvalue weighted by Gasteiger charge is -2.08. The Morgan fingerprint density at radius 1 is 1.41 bits per heavy atom. The van der Waals surface area contributed by atoms with Gasteiger partial charge in [-0.1, -0.05) is 12.1 Å². The maximum atomic E-state index is 9.18. The van der Waals surface area contributed by atoms with Crippen molar-refractivity contribution in [3.63, 3.8) is 0 Å². The molecule has 0 radical (unpaired) electrons. The molecule has 0 bridgehead atoms. The number of aryl methyl sites for hydroxylation is 1. The molecule has 0 saturated carbocycles. The van der Waals surface area contributed by atoms with Crippen molar-refractivity contribution in [2.45, 2.75) is 25.0 Å². The summed E-state index contributed by atoms with van der Waals surface area (Å²) in [4.78, 5) is 2.76. The van der Waals surface area contributed by atoms with Crippen LogP contribution in [0.4, 0.5) is 0 Å². The SMILES string of the molecule is Cc1c(CO)cccc1SCCn1ncnn1. The largest absolute Gasteiger partial charge is 0.392 e. The predicted octanol–water partition coefficient (Wildman–Crippen LogP) is 1.27. The monoisotopic (exact) mass is 250 g/mol. The van der Waals surface area contributed by atoms with E-state index in [0.29, 0.717) is 0 Å². The van der Waals surface area contributed by atoms with E-state index in [-0.39, 0.29) is 6.61 Å². The van der Waals surface area contributed by atoms with E-state index in [9.17, 15) is 5.11 Å². The van der Waals surface area contributed by atoms with Gasteiger partial charge in [0.2, 0.25) is 0 Å². The quantitative estimate of drug-likeness (QED) is 0.809. The molecule has 0 aliphatic carbocycles. The lowest BCUT2D eigenvalue weighted by Crippen LogP contribution is -2.04. The maximum Gasteiger partial charge on any atom is 0.162 e. The molecule has 0 unspecified atom stereocenters. The molecule has 0 atom stereocenters. The van der Waals surface area contributed by atoms with E-state index in [2.05, 4.69) is 21.5 Å². The van der Waals surface area contributed by atoms with Crippen LogP contribution >= 0.6 is 11.8 Å². The van der Waals surface area contributed by atoms with Gasteiger partial charge in [-0.3, -0.25) is 0 Å². The standard InChI is InChI=1S/C11H14N4OS/c1-9-10(7-16)3-2-4-11(9)17-6-5-15-13-8-12-14-15/h2-4,8,16H,5-7H2,1H3. The van der Waals surface area contributed by atoms with Crippen molar-refractivity contribution in [1.29, 1.82) is 0 Å². The highest BCUT2D eigenvalue weighted by Gasteiger charge is 2.03. The molecule has 17 heavy (non-hydrogen) atoms. The number of rotatable bonds is 5. The van der Waals surface area contributed by atoms with Gasteiger partial charge in [0, 0.05) is 10.6 Å². The van der Waals surface area contributed by atoms with E-state index in [0.717, 1.165) is 23.4 Å². The zero-order valence-corrected chi connectivity index (χ0v) is 10.4. The first-order valence-corrected chi connectivity index (χ1v) is 6.32. The summed E-state index contributed by atoms with van der Waals surface area (Å²) in [6.45, 7) is 2.85. The minimum Gasteiger partial charge on any atom is -0.392 e. The van der Waals surface area contributed by atoms with Gasteiger partial charge in [-0.05, 0) is 29.3 Å². The first kappa shape index (κ1) is 12.1. The van der Waals surface area contributed by atoms with E-state index < -0.39 is 0 Å². The fraction of sp³-hybridized carbons (Fsp3) is 0.364. The van der Waals surface area contributed by atoms with Crippen LogP contribution < -0.4 is 0 Å². The normalized spacial score (nSPS) is 10.7. The first-order chi connectivity index (χ1) is 8.31. The van der Waals surface area contributed by atoms with Crippen LogP contribution in [0.5, 0.6) is 0 Å². The Hall–Kier alpha value is -1.40. The molecule has 2 aromatic rings. The third-order valence-electron chi connectivity index (χ3n) is 2.51. The molecular weight excluding hydrogens is 236 g/mol. The van der Waals surface area contributed by atoms with Crippen molar-refractivity contribution in [2.75, 3.05) is 5.75 Å². The molecule has 1 aromatic carbocycles. The van der Waals surface area contributed by atoms with Gasteiger partial charge in [0.25, 0.3) is 0 Å². The van der Waals surface area contributed by atoms with Gasteiger partial charge in [0.1, 0.15) is 0 Å². The summed E-state index contributed by atoms with van der Waals surface area (Å²) in [5, 5.41) is 20.6. The number of aliphatic hydroxyl groups excluding tert-OH is 1. The molecule has 0 aliphatic heterocycles. The van der Waals surface area contributed by atoms with Crippen LogP contribution in [0.3, 0.4) is 0 Å². The Morgan fingerprint density at radius 3 is 3.00 bits per heavy atom. The molecule has 2 rings (SSSR count). The van der Waals surface area contributed by atoms with E-state index in [1.165, 1.54) is 11.2 Å². The van der Waals surface area contributed by atoms with Crippen molar-refractivity contribution in [2.24, 2.45) is 0 Å². The molecule has 1 N–H and O–H groups in total. The van der Waals surface area contributed by atoms with Crippen LogP contribution in [0, 0.1) is 6.92 Å². The fourth-order valence-electron chi connectivity index (χ4n) is 1.52. The van der Waals surface area contributed by atoms with Crippen molar-refractivity contribution in [3.8, 4) is 0 Å². The van der Waals surface area contributed by atoms with Gasteiger partial charge < -0.3 is 5.11 Å². The topological polar surface area (TPSA) is 63.8 Å². The molecule has 0 spiro atoms. The van der Waals surface area contributed by atoms with Gasteiger partial charge >= 0.3 is 0 Å². The predicted molar refractivity (Wildman–Crippen MR) is 65.6 cm³/mol.